The van der Waals surface area contributed by atoms with E-state index < -0.39 is 0 Å². The molecule has 6 nitrogen and oxygen atoms in total. The van der Waals surface area contributed by atoms with E-state index in [9.17, 15) is 4.79 Å². The molecule has 1 aliphatic heterocycles. The van der Waals surface area contributed by atoms with Crippen molar-refractivity contribution in [2.45, 2.75) is 40.2 Å². The molecular weight excluding hydrogens is 340 g/mol. The Hall–Kier alpha value is -2.05. The van der Waals surface area contributed by atoms with Crippen LogP contribution in [-0.2, 0) is 4.74 Å². The third-order valence-electron chi connectivity index (χ3n) is 5.14. The molecule has 1 fully saturated rings. The molecule has 27 heavy (non-hydrogen) atoms. The summed E-state index contributed by atoms with van der Waals surface area (Å²) in [4.78, 5) is 24.2. The molecule has 0 bridgehead atoms. The predicted molar refractivity (Wildman–Crippen MR) is 107 cm³/mol. The van der Waals surface area contributed by atoms with Gasteiger partial charge in [-0.25, -0.2) is 9.97 Å². The van der Waals surface area contributed by atoms with Gasteiger partial charge in [0.2, 0.25) is 0 Å². The third kappa shape index (κ3) is 5.02. The van der Waals surface area contributed by atoms with Gasteiger partial charge in [0.05, 0.1) is 35.6 Å². The van der Waals surface area contributed by atoms with E-state index in [4.69, 9.17) is 4.74 Å². The first-order valence-electron chi connectivity index (χ1n) is 9.79. The van der Waals surface area contributed by atoms with Gasteiger partial charge in [0, 0.05) is 31.2 Å². The van der Waals surface area contributed by atoms with E-state index >= 15 is 0 Å². The zero-order chi connectivity index (χ0) is 19.4. The molecule has 0 radical (unpaired) electrons. The number of benzene rings is 1. The highest BCUT2D eigenvalue weighted by molar-refractivity contribution is 5.97. The molecule has 1 saturated heterocycles. The smallest absolute Gasteiger partial charge is 0.251 e. The number of ether oxygens (including phenoxy) is 1. The van der Waals surface area contributed by atoms with Crippen LogP contribution in [0.15, 0.2) is 18.2 Å². The summed E-state index contributed by atoms with van der Waals surface area (Å²) >= 11 is 0. The van der Waals surface area contributed by atoms with E-state index in [1.54, 1.807) is 0 Å². The van der Waals surface area contributed by atoms with Crippen LogP contribution in [0.25, 0.3) is 11.0 Å². The predicted octanol–water partition coefficient (Wildman–Crippen LogP) is 2.72. The second kappa shape index (κ2) is 8.76. The van der Waals surface area contributed by atoms with Crippen molar-refractivity contribution in [2.24, 2.45) is 5.92 Å². The van der Waals surface area contributed by atoms with E-state index in [2.05, 4.69) is 34.0 Å². The van der Waals surface area contributed by atoms with Crippen molar-refractivity contribution >= 4 is 16.9 Å². The van der Waals surface area contributed by atoms with Gasteiger partial charge in [-0.15, -0.1) is 0 Å². The summed E-state index contributed by atoms with van der Waals surface area (Å²) in [6, 6.07) is 5.86. The van der Waals surface area contributed by atoms with E-state index in [-0.39, 0.29) is 5.91 Å². The topological polar surface area (TPSA) is 67.4 Å². The maximum atomic E-state index is 12.7. The van der Waals surface area contributed by atoms with Crippen LogP contribution in [0.1, 0.15) is 42.0 Å². The number of aryl methyl sites for hydroxylation is 2. The highest BCUT2D eigenvalue weighted by atomic mass is 16.5. The molecule has 1 aliphatic rings. The van der Waals surface area contributed by atoms with Crippen LogP contribution in [0.3, 0.4) is 0 Å². The summed E-state index contributed by atoms with van der Waals surface area (Å²) in [5.74, 6) is 0.524. The van der Waals surface area contributed by atoms with Crippen LogP contribution in [0, 0.1) is 19.8 Å². The minimum Gasteiger partial charge on any atom is -0.379 e. The summed E-state index contributed by atoms with van der Waals surface area (Å²) in [6.45, 7) is 12.4. The maximum absolute atomic E-state index is 12.7. The van der Waals surface area contributed by atoms with E-state index in [1.807, 2.05) is 32.0 Å². The van der Waals surface area contributed by atoms with Gasteiger partial charge < -0.3 is 10.1 Å². The molecule has 0 saturated carbocycles. The number of carbonyl (C=O) groups is 1. The van der Waals surface area contributed by atoms with Crippen molar-refractivity contribution in [2.75, 3.05) is 32.8 Å². The summed E-state index contributed by atoms with van der Waals surface area (Å²) in [5.41, 5.74) is 4.02. The van der Waals surface area contributed by atoms with Crippen molar-refractivity contribution in [3.63, 3.8) is 0 Å². The number of nitrogens with zero attached hydrogens (tertiary/aromatic N) is 3. The van der Waals surface area contributed by atoms with Crippen LogP contribution < -0.4 is 5.32 Å². The Morgan fingerprint density at radius 1 is 1.15 bits per heavy atom. The standard InChI is InChI=1S/C21H30N4O2/c1-14(2)11-18(25-7-9-27-10-8-25)13-22-21(26)17-5-6-19-20(12-17)24-16(4)15(3)23-19/h5-6,12,14,18H,7-11,13H2,1-4H3,(H,22,26). The first kappa shape index (κ1) is 19.7. The molecule has 2 heterocycles. The number of carbonyl (C=O) groups excluding carboxylic acids is 1. The van der Waals surface area contributed by atoms with Crippen molar-refractivity contribution < 1.29 is 9.53 Å². The van der Waals surface area contributed by atoms with Crippen molar-refractivity contribution in [1.82, 2.24) is 20.2 Å². The molecule has 6 heteroatoms. The van der Waals surface area contributed by atoms with Crippen LogP contribution >= 0.6 is 0 Å². The second-order valence-electron chi connectivity index (χ2n) is 7.74. The van der Waals surface area contributed by atoms with Gasteiger partial charge in [0.1, 0.15) is 0 Å². The van der Waals surface area contributed by atoms with Crippen molar-refractivity contribution in [3.8, 4) is 0 Å². The average Bonchev–Trinajstić information content (AvgIpc) is 2.66. The summed E-state index contributed by atoms with van der Waals surface area (Å²) in [5, 5.41) is 3.12. The number of rotatable bonds is 6. The lowest BCUT2D eigenvalue weighted by atomic mass is 10.0. The second-order valence-corrected chi connectivity index (χ2v) is 7.74. The fourth-order valence-corrected chi connectivity index (χ4v) is 3.53. The van der Waals surface area contributed by atoms with Gasteiger partial charge >= 0.3 is 0 Å². The zero-order valence-electron chi connectivity index (χ0n) is 16.8. The third-order valence-corrected chi connectivity index (χ3v) is 5.14. The number of nitrogens with one attached hydrogen (secondary N) is 1. The lowest BCUT2D eigenvalue weighted by Crippen LogP contribution is -2.49. The number of morpholine rings is 1. The van der Waals surface area contributed by atoms with Gasteiger partial charge in [0.15, 0.2) is 0 Å². The quantitative estimate of drug-likeness (QED) is 0.847. The molecule has 3 rings (SSSR count). The molecule has 2 aromatic rings. The molecular formula is C21H30N4O2. The van der Waals surface area contributed by atoms with Gasteiger partial charge in [-0.2, -0.15) is 0 Å². The molecule has 0 aliphatic carbocycles. The molecule has 1 aromatic carbocycles. The van der Waals surface area contributed by atoms with Crippen LogP contribution in [-0.4, -0.2) is 59.7 Å². The normalized spacial score (nSPS) is 16.6. The van der Waals surface area contributed by atoms with Gasteiger partial charge in [-0.05, 0) is 44.4 Å². The Kier molecular flexibility index (Phi) is 6.39. The van der Waals surface area contributed by atoms with Gasteiger partial charge in [-0.1, -0.05) is 13.8 Å². The zero-order valence-corrected chi connectivity index (χ0v) is 16.8. The SMILES string of the molecule is Cc1nc2ccc(C(=O)NCC(CC(C)C)N3CCOCC3)cc2nc1C. The molecule has 1 amide bonds. The number of hydrogen-bond acceptors (Lipinski definition) is 5. The monoisotopic (exact) mass is 370 g/mol. The number of hydrogen-bond donors (Lipinski definition) is 1. The van der Waals surface area contributed by atoms with Gasteiger partial charge in [0.25, 0.3) is 5.91 Å². The van der Waals surface area contributed by atoms with Crippen LogP contribution in [0.4, 0.5) is 0 Å². The fourth-order valence-electron chi connectivity index (χ4n) is 3.53. The molecule has 1 atom stereocenters. The number of fused-ring (bicyclic) bond motifs is 1. The Labute approximate surface area is 161 Å². The van der Waals surface area contributed by atoms with E-state index in [0.717, 1.165) is 55.1 Å². The minimum absolute atomic E-state index is 0.0565. The molecule has 1 unspecified atom stereocenters. The maximum Gasteiger partial charge on any atom is 0.251 e. The van der Waals surface area contributed by atoms with Crippen LogP contribution in [0.2, 0.25) is 0 Å². The summed E-state index contributed by atoms with van der Waals surface area (Å²) < 4.78 is 5.47. The molecule has 1 N–H and O–H groups in total. The Morgan fingerprint density at radius 2 is 1.81 bits per heavy atom. The number of aromatic nitrogens is 2. The minimum atomic E-state index is -0.0565. The van der Waals surface area contributed by atoms with E-state index in [0.29, 0.717) is 24.1 Å². The Balaban J connectivity index is 1.69. The average molecular weight is 370 g/mol. The van der Waals surface area contributed by atoms with Crippen molar-refractivity contribution in [1.29, 1.82) is 0 Å². The molecule has 0 spiro atoms. The largest absolute Gasteiger partial charge is 0.379 e. The lowest BCUT2D eigenvalue weighted by molar-refractivity contribution is 0.0124. The first-order chi connectivity index (χ1) is 12.9. The lowest BCUT2D eigenvalue weighted by Gasteiger charge is -2.35. The Morgan fingerprint density at radius 3 is 2.48 bits per heavy atom. The van der Waals surface area contributed by atoms with Crippen LogP contribution in [0.5, 0.6) is 0 Å². The fraction of sp³-hybridized carbons (Fsp3) is 0.571. The highest BCUT2D eigenvalue weighted by Crippen LogP contribution is 2.16. The first-order valence-corrected chi connectivity index (χ1v) is 9.79. The number of amides is 1. The van der Waals surface area contributed by atoms with E-state index in [1.165, 1.54) is 0 Å². The summed E-state index contributed by atoms with van der Waals surface area (Å²) in [7, 11) is 0. The molecule has 146 valence electrons. The highest BCUT2D eigenvalue weighted by Gasteiger charge is 2.22. The van der Waals surface area contributed by atoms with Crippen molar-refractivity contribution in [3.05, 3.63) is 35.2 Å². The Bertz CT molecular complexity index is 800. The summed E-state index contributed by atoms with van der Waals surface area (Å²) in [6.07, 6.45) is 1.06. The molecule has 1 aromatic heterocycles. The van der Waals surface area contributed by atoms with Gasteiger partial charge in [-0.3, -0.25) is 9.69 Å².